The topological polar surface area (TPSA) is 98.7 Å². The first-order valence-electron chi connectivity index (χ1n) is 8.81. The van der Waals surface area contributed by atoms with Gasteiger partial charge in [0.1, 0.15) is 17.4 Å². The Morgan fingerprint density at radius 3 is 2.92 bits per heavy atom. The highest BCUT2D eigenvalue weighted by atomic mass is 16.5. The molecule has 1 amide bonds. The van der Waals surface area contributed by atoms with E-state index in [2.05, 4.69) is 16.3 Å². The van der Waals surface area contributed by atoms with Crippen LogP contribution in [-0.4, -0.2) is 54.4 Å². The molecule has 2 N–H and O–H groups in total. The van der Waals surface area contributed by atoms with Crippen molar-refractivity contribution < 1.29 is 19.1 Å². The molecule has 1 saturated carbocycles. The number of nitrogens with zero attached hydrogens (tertiary/aromatic N) is 2. The summed E-state index contributed by atoms with van der Waals surface area (Å²) in [6, 6.07) is 2.13. The Kier molecular flexibility index (Phi) is 5.42. The fourth-order valence-corrected chi connectivity index (χ4v) is 3.87. The number of morpholine rings is 1. The Morgan fingerprint density at radius 1 is 1.44 bits per heavy atom. The predicted octanol–water partition coefficient (Wildman–Crippen LogP) is 1.57. The molecule has 1 aliphatic carbocycles. The highest BCUT2D eigenvalue weighted by Crippen LogP contribution is 2.32. The lowest BCUT2D eigenvalue weighted by atomic mass is 9.94. The molecule has 25 heavy (non-hydrogen) atoms. The smallest absolute Gasteiger partial charge is 0.240 e. The Morgan fingerprint density at radius 2 is 2.24 bits per heavy atom. The average Bonchev–Trinajstić information content (AvgIpc) is 3.11. The number of nitriles is 1. The van der Waals surface area contributed by atoms with Gasteiger partial charge in [-0.2, -0.15) is 5.26 Å². The highest BCUT2D eigenvalue weighted by Gasteiger charge is 2.38. The van der Waals surface area contributed by atoms with Crippen molar-refractivity contribution in [2.45, 2.75) is 45.3 Å². The van der Waals surface area contributed by atoms with Crippen molar-refractivity contribution in [2.24, 2.45) is 5.92 Å². The zero-order chi connectivity index (χ0) is 18.0. The molecule has 1 aromatic heterocycles. The van der Waals surface area contributed by atoms with Crippen molar-refractivity contribution >= 4 is 11.8 Å². The molecular weight excluding hydrogens is 322 g/mol. The van der Waals surface area contributed by atoms with E-state index in [1.165, 1.54) is 0 Å². The standard InChI is InChI=1S/C18H25N3O4/c1-11-12(2)25-18(14(11)8-19)20-17(23)9-21-6-7-24-10-15(21)13-4-3-5-16(13)22/h13,15-16,22H,3-7,9-10H2,1-2H3,(H,20,23)/t13-,15-,16+/m1/s1. The molecule has 0 spiro atoms. The number of amides is 1. The molecule has 0 aromatic carbocycles. The number of carbonyl (C=O) groups excluding carboxylic acids is 1. The van der Waals surface area contributed by atoms with Gasteiger partial charge in [-0.15, -0.1) is 0 Å². The minimum atomic E-state index is -0.321. The van der Waals surface area contributed by atoms with E-state index in [4.69, 9.17) is 9.15 Å². The summed E-state index contributed by atoms with van der Waals surface area (Å²) in [5.74, 6) is 0.777. The second-order valence-corrected chi connectivity index (χ2v) is 6.92. The van der Waals surface area contributed by atoms with Crippen LogP contribution in [0.25, 0.3) is 0 Å². The van der Waals surface area contributed by atoms with Crippen LogP contribution in [0.15, 0.2) is 4.42 Å². The number of aryl methyl sites for hydroxylation is 1. The van der Waals surface area contributed by atoms with Gasteiger partial charge in [-0.1, -0.05) is 6.42 Å². The van der Waals surface area contributed by atoms with Gasteiger partial charge in [-0.3, -0.25) is 15.0 Å². The first-order chi connectivity index (χ1) is 12.0. The van der Waals surface area contributed by atoms with Crippen LogP contribution in [0.1, 0.15) is 36.1 Å². The van der Waals surface area contributed by atoms with Gasteiger partial charge < -0.3 is 14.3 Å². The maximum absolute atomic E-state index is 12.5. The van der Waals surface area contributed by atoms with Crippen LogP contribution in [0.2, 0.25) is 0 Å². The molecule has 3 atom stereocenters. The van der Waals surface area contributed by atoms with Crippen molar-refractivity contribution in [1.82, 2.24) is 4.90 Å². The fourth-order valence-electron chi connectivity index (χ4n) is 3.87. The molecule has 2 fully saturated rings. The van der Waals surface area contributed by atoms with Crippen LogP contribution in [0.4, 0.5) is 5.88 Å². The molecule has 1 saturated heterocycles. The number of nitrogens with one attached hydrogen (secondary N) is 1. The largest absolute Gasteiger partial charge is 0.444 e. The lowest BCUT2D eigenvalue weighted by Crippen LogP contribution is -2.53. The number of furan rings is 1. The zero-order valence-corrected chi connectivity index (χ0v) is 14.7. The number of aliphatic hydroxyl groups is 1. The van der Waals surface area contributed by atoms with Crippen molar-refractivity contribution in [3.63, 3.8) is 0 Å². The molecule has 1 aliphatic heterocycles. The van der Waals surface area contributed by atoms with Crippen LogP contribution in [0.3, 0.4) is 0 Å². The van der Waals surface area contributed by atoms with Gasteiger partial charge in [-0.05, 0) is 26.7 Å². The number of aliphatic hydroxyl groups excluding tert-OH is 1. The number of hydrogen-bond acceptors (Lipinski definition) is 6. The van der Waals surface area contributed by atoms with Gasteiger partial charge in [-0.25, -0.2) is 0 Å². The van der Waals surface area contributed by atoms with Crippen molar-refractivity contribution in [2.75, 3.05) is 31.6 Å². The average molecular weight is 347 g/mol. The summed E-state index contributed by atoms with van der Waals surface area (Å²) in [7, 11) is 0. The Bertz CT molecular complexity index is 679. The number of hydrogen-bond donors (Lipinski definition) is 2. The van der Waals surface area contributed by atoms with Gasteiger partial charge in [0.2, 0.25) is 11.8 Å². The van der Waals surface area contributed by atoms with E-state index in [9.17, 15) is 15.2 Å². The quantitative estimate of drug-likeness (QED) is 0.858. The Balaban J connectivity index is 1.67. The second-order valence-electron chi connectivity index (χ2n) is 6.92. The monoisotopic (exact) mass is 347 g/mol. The van der Waals surface area contributed by atoms with Crippen molar-refractivity contribution in [1.29, 1.82) is 5.26 Å². The second kappa shape index (κ2) is 7.56. The minimum absolute atomic E-state index is 0.0486. The highest BCUT2D eigenvalue weighted by molar-refractivity contribution is 5.92. The molecule has 1 aromatic rings. The zero-order valence-electron chi connectivity index (χ0n) is 14.7. The predicted molar refractivity (Wildman–Crippen MR) is 91.1 cm³/mol. The van der Waals surface area contributed by atoms with Gasteiger partial charge in [0.05, 0.1) is 25.9 Å². The summed E-state index contributed by atoms with van der Waals surface area (Å²) in [5, 5.41) is 22.2. The summed E-state index contributed by atoms with van der Waals surface area (Å²) in [6.45, 7) is 5.54. The van der Waals surface area contributed by atoms with Crippen molar-refractivity contribution in [3.8, 4) is 6.07 Å². The maximum atomic E-state index is 12.5. The van der Waals surface area contributed by atoms with E-state index in [0.29, 0.717) is 31.1 Å². The van der Waals surface area contributed by atoms with Gasteiger partial charge in [0.25, 0.3) is 0 Å². The molecule has 0 unspecified atom stereocenters. The van der Waals surface area contributed by atoms with E-state index in [1.54, 1.807) is 13.8 Å². The number of rotatable bonds is 4. The van der Waals surface area contributed by atoms with Gasteiger partial charge >= 0.3 is 0 Å². The van der Waals surface area contributed by atoms with Crippen LogP contribution in [-0.2, 0) is 9.53 Å². The van der Waals surface area contributed by atoms with Crippen LogP contribution >= 0.6 is 0 Å². The molecular formula is C18H25N3O4. The van der Waals surface area contributed by atoms with Crippen LogP contribution in [0.5, 0.6) is 0 Å². The molecule has 136 valence electrons. The normalized spacial score (nSPS) is 27.2. The molecule has 2 aliphatic rings. The molecule has 2 heterocycles. The molecule has 0 bridgehead atoms. The van der Waals surface area contributed by atoms with Crippen LogP contribution < -0.4 is 5.32 Å². The van der Waals surface area contributed by atoms with E-state index in [-0.39, 0.29) is 36.4 Å². The van der Waals surface area contributed by atoms with Gasteiger partial charge in [0.15, 0.2) is 0 Å². The fraction of sp³-hybridized carbons (Fsp3) is 0.667. The van der Waals surface area contributed by atoms with E-state index < -0.39 is 0 Å². The van der Waals surface area contributed by atoms with E-state index in [0.717, 1.165) is 24.8 Å². The number of carbonyl (C=O) groups is 1. The third-order valence-electron chi connectivity index (χ3n) is 5.40. The van der Waals surface area contributed by atoms with Gasteiger partial charge in [0, 0.05) is 24.1 Å². The maximum Gasteiger partial charge on any atom is 0.240 e. The molecule has 7 nitrogen and oxygen atoms in total. The lowest BCUT2D eigenvalue weighted by Gasteiger charge is -2.39. The summed E-state index contributed by atoms with van der Waals surface area (Å²) >= 11 is 0. The number of ether oxygens (including phenoxy) is 1. The molecule has 7 heteroatoms. The summed E-state index contributed by atoms with van der Waals surface area (Å²) < 4.78 is 11.1. The molecule has 0 radical (unpaired) electrons. The summed E-state index contributed by atoms with van der Waals surface area (Å²) in [6.07, 6.45) is 2.47. The minimum Gasteiger partial charge on any atom is -0.444 e. The Labute approximate surface area is 147 Å². The lowest BCUT2D eigenvalue weighted by molar-refractivity contribution is -0.121. The van der Waals surface area contributed by atoms with Crippen LogP contribution in [0, 0.1) is 31.1 Å². The van der Waals surface area contributed by atoms with E-state index in [1.807, 2.05) is 0 Å². The Hall–Kier alpha value is -1.88. The van der Waals surface area contributed by atoms with E-state index >= 15 is 0 Å². The number of anilines is 1. The third kappa shape index (κ3) is 3.71. The summed E-state index contributed by atoms with van der Waals surface area (Å²) in [5.41, 5.74) is 1.12. The first-order valence-corrected chi connectivity index (χ1v) is 8.81. The first kappa shape index (κ1) is 17.9. The molecule has 3 rings (SSSR count). The van der Waals surface area contributed by atoms with Crippen molar-refractivity contribution in [3.05, 3.63) is 16.9 Å². The third-order valence-corrected chi connectivity index (χ3v) is 5.40. The SMILES string of the molecule is Cc1oc(NC(=O)CN2CCOC[C@@H]2[C@H]2CCC[C@@H]2O)c(C#N)c1C. The summed E-state index contributed by atoms with van der Waals surface area (Å²) in [4.78, 5) is 14.6.